The van der Waals surface area contributed by atoms with Crippen molar-refractivity contribution in [2.75, 3.05) is 32.1 Å². The van der Waals surface area contributed by atoms with Crippen LogP contribution in [0.15, 0.2) is 59.0 Å². The molecule has 0 aliphatic carbocycles. The Morgan fingerprint density at radius 3 is 2.37 bits per heavy atom. The van der Waals surface area contributed by atoms with Crippen LogP contribution in [0.2, 0.25) is 0 Å². The van der Waals surface area contributed by atoms with Gasteiger partial charge >= 0.3 is 0 Å². The Morgan fingerprint density at radius 2 is 1.73 bits per heavy atom. The maximum atomic E-state index is 10.8. The van der Waals surface area contributed by atoms with E-state index in [2.05, 4.69) is 50.3 Å². The molecule has 0 bridgehead atoms. The molecule has 1 aliphatic rings. The first-order chi connectivity index (χ1) is 14.4. The highest BCUT2D eigenvalue weighted by Crippen LogP contribution is 2.30. The Kier molecular flexibility index (Phi) is 5.33. The number of nitro benzene ring substituents is 1. The number of hydrogen-bond donors (Lipinski definition) is 0. The number of nitro groups is 1. The van der Waals surface area contributed by atoms with E-state index in [1.54, 1.807) is 12.1 Å². The summed E-state index contributed by atoms with van der Waals surface area (Å²) in [6.45, 7) is 3.65. The number of nitrogens with zero attached hydrogens (tertiary/aromatic N) is 5. The van der Waals surface area contributed by atoms with E-state index in [-0.39, 0.29) is 11.7 Å². The third-order valence-electron chi connectivity index (χ3n) is 5.37. The van der Waals surface area contributed by atoms with Gasteiger partial charge in [-0.05, 0) is 42.3 Å². The summed E-state index contributed by atoms with van der Waals surface area (Å²) in [7, 11) is 4.06. The van der Waals surface area contributed by atoms with Crippen LogP contribution in [-0.2, 0) is 0 Å². The molecule has 0 N–H and O–H groups in total. The lowest BCUT2D eigenvalue weighted by Crippen LogP contribution is -2.24. The Balaban J connectivity index is 1.43. The molecule has 2 heterocycles. The second kappa shape index (κ2) is 8.08. The topological polar surface area (TPSA) is 88.5 Å². The van der Waals surface area contributed by atoms with Crippen molar-refractivity contribution in [2.24, 2.45) is 0 Å². The van der Waals surface area contributed by atoms with E-state index < -0.39 is 4.92 Å². The van der Waals surface area contributed by atoms with Crippen molar-refractivity contribution in [3.05, 3.63) is 76.2 Å². The second-order valence-electron chi connectivity index (χ2n) is 7.53. The van der Waals surface area contributed by atoms with Crippen LogP contribution >= 0.6 is 0 Å². The Labute approximate surface area is 174 Å². The van der Waals surface area contributed by atoms with Gasteiger partial charge in [-0.2, -0.15) is 0 Å². The van der Waals surface area contributed by atoms with Gasteiger partial charge in [0.25, 0.3) is 5.69 Å². The third-order valence-corrected chi connectivity index (χ3v) is 5.37. The fourth-order valence-corrected chi connectivity index (χ4v) is 3.46. The van der Waals surface area contributed by atoms with Crippen molar-refractivity contribution in [1.82, 2.24) is 15.1 Å². The molecule has 0 spiro atoms. The Bertz CT molecular complexity index is 1070. The second-order valence-corrected chi connectivity index (χ2v) is 7.53. The lowest BCUT2D eigenvalue weighted by molar-refractivity contribution is -0.384. The number of rotatable bonds is 6. The number of aromatic nitrogens is 2. The fourth-order valence-electron chi connectivity index (χ4n) is 3.46. The largest absolute Gasteiger partial charge is 0.419 e. The van der Waals surface area contributed by atoms with Crippen LogP contribution in [0.3, 0.4) is 0 Å². The van der Waals surface area contributed by atoms with Crippen molar-refractivity contribution in [1.29, 1.82) is 0 Å². The molecule has 0 saturated heterocycles. The average Bonchev–Trinajstić information content (AvgIpc) is 3.44. The molecule has 1 atom stereocenters. The first-order valence-corrected chi connectivity index (χ1v) is 9.71. The van der Waals surface area contributed by atoms with Gasteiger partial charge in [0.15, 0.2) is 0 Å². The molecule has 3 aromatic rings. The van der Waals surface area contributed by atoms with E-state index in [4.69, 9.17) is 4.42 Å². The molecular formula is C22H23N5O3. The monoisotopic (exact) mass is 405 g/mol. The van der Waals surface area contributed by atoms with Gasteiger partial charge in [0.2, 0.25) is 11.8 Å². The van der Waals surface area contributed by atoms with E-state index in [0.717, 1.165) is 13.1 Å². The van der Waals surface area contributed by atoms with E-state index in [0.29, 0.717) is 17.3 Å². The zero-order valence-electron chi connectivity index (χ0n) is 17.1. The van der Waals surface area contributed by atoms with Crippen LogP contribution in [0.5, 0.6) is 0 Å². The van der Waals surface area contributed by atoms with Crippen LogP contribution in [0.25, 0.3) is 17.0 Å². The summed E-state index contributed by atoms with van der Waals surface area (Å²) in [5.41, 5.74) is 4.36. The minimum atomic E-state index is -0.433. The molecule has 0 saturated carbocycles. The quantitative estimate of drug-likeness (QED) is 0.449. The van der Waals surface area contributed by atoms with Gasteiger partial charge < -0.3 is 9.32 Å². The first-order valence-electron chi connectivity index (χ1n) is 9.71. The molecule has 0 unspecified atom stereocenters. The van der Waals surface area contributed by atoms with Crippen molar-refractivity contribution >= 4 is 16.9 Å². The van der Waals surface area contributed by atoms with Crippen LogP contribution < -0.4 is 4.90 Å². The molecule has 1 aliphatic heterocycles. The van der Waals surface area contributed by atoms with Crippen LogP contribution in [-0.4, -0.2) is 47.2 Å². The minimum Gasteiger partial charge on any atom is -0.419 e. The van der Waals surface area contributed by atoms with E-state index in [1.165, 1.54) is 29.0 Å². The van der Waals surface area contributed by atoms with Gasteiger partial charge in [-0.15, -0.1) is 10.2 Å². The number of benzene rings is 2. The lowest BCUT2D eigenvalue weighted by Gasteiger charge is -2.21. The summed E-state index contributed by atoms with van der Waals surface area (Å²) in [6, 6.07) is 14.6. The summed E-state index contributed by atoms with van der Waals surface area (Å²) < 4.78 is 5.86. The maximum absolute atomic E-state index is 10.8. The predicted octanol–water partition coefficient (Wildman–Crippen LogP) is 4.17. The smallest absolute Gasteiger partial charge is 0.269 e. The van der Waals surface area contributed by atoms with Crippen molar-refractivity contribution in [3.8, 4) is 11.5 Å². The predicted molar refractivity (Wildman–Crippen MR) is 115 cm³/mol. The summed E-state index contributed by atoms with van der Waals surface area (Å²) in [6.07, 6.45) is 2.23. The number of hydrogen-bond acceptors (Lipinski definition) is 7. The fraction of sp³-hybridized carbons (Fsp3) is 0.273. The van der Waals surface area contributed by atoms with Gasteiger partial charge in [0.1, 0.15) is 0 Å². The summed E-state index contributed by atoms with van der Waals surface area (Å²) in [4.78, 5) is 14.7. The molecule has 1 aromatic heterocycles. The molecule has 8 nitrogen and oxygen atoms in total. The van der Waals surface area contributed by atoms with E-state index in [9.17, 15) is 10.1 Å². The Hall–Kier alpha value is -3.52. The molecular weight excluding hydrogens is 382 g/mol. The number of non-ortho nitro benzene ring substituents is 1. The van der Waals surface area contributed by atoms with Crippen LogP contribution in [0.1, 0.15) is 24.4 Å². The first kappa shape index (κ1) is 19.8. The van der Waals surface area contributed by atoms with Crippen molar-refractivity contribution in [3.63, 3.8) is 0 Å². The normalized spacial score (nSPS) is 15.1. The highest BCUT2D eigenvalue weighted by molar-refractivity contribution is 5.70. The standard InChI is InChI=1S/C22H23N5O3/c1-15(21-23-24-22(30-21)17-6-10-20(11-7-17)27(28)29)26-13-12-18(14-26)16-4-8-19(9-5-16)25(2)3/h4-12,15H,13-14H2,1-3H3/t15-/m0/s1. The van der Waals surface area contributed by atoms with Gasteiger partial charge in [0.05, 0.1) is 11.0 Å². The number of anilines is 1. The summed E-state index contributed by atoms with van der Waals surface area (Å²) in [5.74, 6) is 0.888. The molecule has 0 fully saturated rings. The molecule has 30 heavy (non-hydrogen) atoms. The highest BCUT2D eigenvalue weighted by Gasteiger charge is 2.26. The molecule has 8 heteroatoms. The minimum absolute atomic E-state index is 0.0288. The molecule has 2 aromatic carbocycles. The highest BCUT2D eigenvalue weighted by atomic mass is 16.6. The van der Waals surface area contributed by atoms with Gasteiger partial charge in [0, 0.05) is 50.6 Å². The van der Waals surface area contributed by atoms with E-state index in [1.807, 2.05) is 21.0 Å². The van der Waals surface area contributed by atoms with Crippen molar-refractivity contribution < 1.29 is 9.34 Å². The maximum Gasteiger partial charge on any atom is 0.269 e. The molecule has 0 radical (unpaired) electrons. The van der Waals surface area contributed by atoms with Gasteiger partial charge in [-0.3, -0.25) is 15.0 Å². The molecule has 154 valence electrons. The third kappa shape index (κ3) is 3.95. The van der Waals surface area contributed by atoms with Gasteiger partial charge in [-0.1, -0.05) is 18.2 Å². The summed E-state index contributed by atoms with van der Waals surface area (Å²) >= 11 is 0. The van der Waals surface area contributed by atoms with Crippen molar-refractivity contribution in [2.45, 2.75) is 13.0 Å². The summed E-state index contributed by atoms with van der Waals surface area (Å²) in [5, 5.41) is 19.1. The van der Waals surface area contributed by atoms with Gasteiger partial charge in [-0.25, -0.2) is 0 Å². The Morgan fingerprint density at radius 1 is 1.07 bits per heavy atom. The van der Waals surface area contributed by atoms with Crippen LogP contribution in [0.4, 0.5) is 11.4 Å². The van der Waals surface area contributed by atoms with Crippen LogP contribution in [0, 0.1) is 10.1 Å². The lowest BCUT2D eigenvalue weighted by atomic mass is 10.1. The van der Waals surface area contributed by atoms with E-state index >= 15 is 0 Å². The zero-order valence-corrected chi connectivity index (χ0v) is 17.1. The average molecular weight is 405 g/mol. The molecule has 4 rings (SSSR count). The zero-order chi connectivity index (χ0) is 21.3. The molecule has 0 amide bonds. The SMILES string of the molecule is C[C@@H](c1nnc(-c2ccc([N+](=O)[O-])cc2)o1)N1CC=C(c2ccc(N(C)C)cc2)C1.